The molecule has 0 N–H and O–H groups in total. The molecule has 1 aromatic heterocycles. The quantitative estimate of drug-likeness (QED) is 0.272. The highest BCUT2D eigenvalue weighted by atomic mass is 35.5. The minimum absolute atomic E-state index is 0.00637. The molecule has 36 heavy (non-hydrogen) atoms. The third-order valence-corrected chi connectivity index (χ3v) is 7.37. The maximum atomic E-state index is 13.8. The molecule has 4 aromatic rings. The lowest BCUT2D eigenvalue weighted by atomic mass is 9.85. The molecule has 5 rings (SSSR count). The predicted molar refractivity (Wildman–Crippen MR) is 147 cm³/mol. The van der Waals surface area contributed by atoms with Gasteiger partial charge in [0.25, 0.3) is 0 Å². The fourth-order valence-electron chi connectivity index (χ4n) is 5.31. The SMILES string of the molecule is Cc1cc(Cl)ccc1C1c2c(nn(Cc3ccccc3)c2C(C)C)CC(=O)N1c1cc(Cl)ccc1C. The molecule has 6 heteroatoms. The Balaban J connectivity index is 1.77. The maximum Gasteiger partial charge on any atom is 0.233 e. The molecule has 1 amide bonds. The average molecular weight is 518 g/mol. The van der Waals surface area contributed by atoms with Gasteiger partial charge in [-0.05, 0) is 66.3 Å². The van der Waals surface area contributed by atoms with E-state index in [1.165, 1.54) is 5.56 Å². The second-order valence-corrected chi connectivity index (χ2v) is 10.7. The van der Waals surface area contributed by atoms with Gasteiger partial charge in [-0.15, -0.1) is 0 Å². The normalized spacial score (nSPS) is 15.5. The minimum Gasteiger partial charge on any atom is -0.300 e. The fraction of sp³-hybridized carbons (Fsp3) is 0.267. The minimum atomic E-state index is -0.336. The molecule has 0 radical (unpaired) electrons. The first-order valence-electron chi connectivity index (χ1n) is 12.2. The summed E-state index contributed by atoms with van der Waals surface area (Å²) in [7, 11) is 0. The van der Waals surface area contributed by atoms with Crippen LogP contribution in [0.3, 0.4) is 0 Å². The zero-order chi connectivity index (χ0) is 25.6. The van der Waals surface area contributed by atoms with Crippen LogP contribution in [-0.2, 0) is 17.8 Å². The van der Waals surface area contributed by atoms with E-state index in [1.807, 2.05) is 73.3 Å². The lowest BCUT2D eigenvalue weighted by Crippen LogP contribution is -2.42. The molecule has 1 unspecified atom stereocenters. The topological polar surface area (TPSA) is 38.1 Å². The number of fused-ring (bicyclic) bond motifs is 1. The summed E-state index contributed by atoms with van der Waals surface area (Å²) >= 11 is 12.8. The number of anilines is 1. The number of benzene rings is 3. The van der Waals surface area contributed by atoms with E-state index in [9.17, 15) is 4.79 Å². The number of carbonyl (C=O) groups excluding carboxylic acids is 1. The number of aryl methyl sites for hydroxylation is 2. The number of amides is 1. The average Bonchev–Trinajstić information content (AvgIpc) is 3.18. The number of aromatic nitrogens is 2. The van der Waals surface area contributed by atoms with Crippen molar-refractivity contribution in [3.8, 4) is 0 Å². The van der Waals surface area contributed by atoms with Gasteiger partial charge >= 0.3 is 0 Å². The fourth-order valence-corrected chi connectivity index (χ4v) is 5.71. The van der Waals surface area contributed by atoms with Crippen molar-refractivity contribution in [3.05, 3.63) is 116 Å². The van der Waals surface area contributed by atoms with Gasteiger partial charge < -0.3 is 0 Å². The van der Waals surface area contributed by atoms with Crippen molar-refractivity contribution in [1.29, 1.82) is 0 Å². The lowest BCUT2D eigenvalue weighted by Gasteiger charge is -2.38. The second-order valence-electron chi connectivity index (χ2n) is 9.82. The van der Waals surface area contributed by atoms with Crippen LogP contribution >= 0.6 is 23.2 Å². The van der Waals surface area contributed by atoms with E-state index in [1.54, 1.807) is 0 Å². The predicted octanol–water partition coefficient (Wildman–Crippen LogP) is 7.66. The molecule has 0 saturated heterocycles. The largest absolute Gasteiger partial charge is 0.300 e. The Morgan fingerprint density at radius 1 is 0.944 bits per heavy atom. The van der Waals surface area contributed by atoms with Crippen LogP contribution < -0.4 is 4.90 Å². The van der Waals surface area contributed by atoms with Gasteiger partial charge in [0.2, 0.25) is 5.91 Å². The van der Waals surface area contributed by atoms with Gasteiger partial charge in [-0.2, -0.15) is 5.10 Å². The molecular formula is C30H29Cl2N3O. The van der Waals surface area contributed by atoms with Gasteiger partial charge in [-0.1, -0.05) is 79.5 Å². The third-order valence-electron chi connectivity index (χ3n) is 6.90. The summed E-state index contributed by atoms with van der Waals surface area (Å²) in [6, 6.07) is 21.6. The molecule has 3 aromatic carbocycles. The third kappa shape index (κ3) is 4.44. The van der Waals surface area contributed by atoms with Crippen LogP contribution in [0.4, 0.5) is 5.69 Å². The number of carbonyl (C=O) groups is 1. The summed E-state index contributed by atoms with van der Waals surface area (Å²) in [4.78, 5) is 15.8. The highest BCUT2D eigenvalue weighted by Crippen LogP contribution is 2.45. The molecule has 1 aliphatic heterocycles. The van der Waals surface area contributed by atoms with Crippen LogP contribution in [0.25, 0.3) is 0 Å². The second kappa shape index (κ2) is 9.76. The number of nitrogens with zero attached hydrogens (tertiary/aromatic N) is 3. The monoisotopic (exact) mass is 517 g/mol. The number of hydrogen-bond acceptors (Lipinski definition) is 2. The molecule has 0 saturated carbocycles. The molecule has 1 atom stereocenters. The van der Waals surface area contributed by atoms with Crippen LogP contribution in [0.1, 0.15) is 65.0 Å². The van der Waals surface area contributed by atoms with Gasteiger partial charge in [-0.25, -0.2) is 0 Å². The summed E-state index contributed by atoms with van der Waals surface area (Å²) in [5.74, 6) is 0.211. The highest BCUT2D eigenvalue weighted by molar-refractivity contribution is 6.31. The Morgan fingerprint density at radius 3 is 2.33 bits per heavy atom. The van der Waals surface area contributed by atoms with Crippen LogP contribution in [0.15, 0.2) is 66.7 Å². The van der Waals surface area contributed by atoms with Crippen LogP contribution in [0.5, 0.6) is 0 Å². The van der Waals surface area contributed by atoms with Crippen LogP contribution in [0.2, 0.25) is 10.0 Å². The summed E-state index contributed by atoms with van der Waals surface area (Å²) < 4.78 is 2.09. The van der Waals surface area contributed by atoms with Crippen molar-refractivity contribution >= 4 is 34.8 Å². The standard InChI is InChI=1S/C30H29Cl2N3O/c1-18(2)29-28-25(33-34(29)17-21-8-6-5-7-9-21)16-27(36)35(26-15-23(32)11-10-19(26)3)30(28)24-13-12-22(31)14-20(24)4/h5-15,18,30H,16-17H2,1-4H3. The Hall–Kier alpha value is -3.08. The molecule has 0 fully saturated rings. The van der Waals surface area contributed by atoms with Gasteiger partial charge in [0.05, 0.1) is 24.7 Å². The van der Waals surface area contributed by atoms with Crippen molar-refractivity contribution in [2.75, 3.05) is 4.90 Å². The zero-order valence-electron chi connectivity index (χ0n) is 20.9. The molecular weight excluding hydrogens is 489 g/mol. The lowest BCUT2D eigenvalue weighted by molar-refractivity contribution is -0.118. The molecule has 0 aliphatic carbocycles. The highest BCUT2D eigenvalue weighted by Gasteiger charge is 2.41. The Labute approximate surface area is 222 Å². The van der Waals surface area contributed by atoms with Gasteiger partial charge in [0.1, 0.15) is 0 Å². The molecule has 1 aliphatic rings. The van der Waals surface area contributed by atoms with Crippen molar-refractivity contribution in [3.63, 3.8) is 0 Å². The van der Waals surface area contributed by atoms with Gasteiger partial charge in [0.15, 0.2) is 0 Å². The smallest absolute Gasteiger partial charge is 0.233 e. The number of rotatable bonds is 5. The van der Waals surface area contributed by atoms with Crippen molar-refractivity contribution in [2.24, 2.45) is 0 Å². The molecule has 2 heterocycles. The Morgan fingerprint density at radius 2 is 1.64 bits per heavy atom. The Bertz CT molecular complexity index is 1440. The molecule has 4 nitrogen and oxygen atoms in total. The summed E-state index contributed by atoms with van der Waals surface area (Å²) in [5.41, 5.74) is 8.15. The van der Waals surface area contributed by atoms with E-state index in [2.05, 4.69) is 30.7 Å². The van der Waals surface area contributed by atoms with E-state index in [-0.39, 0.29) is 24.3 Å². The van der Waals surface area contributed by atoms with E-state index in [4.69, 9.17) is 28.3 Å². The van der Waals surface area contributed by atoms with Crippen LogP contribution in [-0.4, -0.2) is 15.7 Å². The van der Waals surface area contributed by atoms with E-state index in [0.29, 0.717) is 16.6 Å². The zero-order valence-corrected chi connectivity index (χ0v) is 22.4. The van der Waals surface area contributed by atoms with Crippen molar-refractivity contribution in [1.82, 2.24) is 9.78 Å². The van der Waals surface area contributed by atoms with Gasteiger partial charge in [-0.3, -0.25) is 14.4 Å². The maximum absolute atomic E-state index is 13.8. The van der Waals surface area contributed by atoms with E-state index < -0.39 is 0 Å². The molecule has 184 valence electrons. The van der Waals surface area contributed by atoms with E-state index >= 15 is 0 Å². The van der Waals surface area contributed by atoms with Crippen molar-refractivity contribution < 1.29 is 4.79 Å². The molecule has 0 spiro atoms. The Kier molecular flexibility index (Phi) is 6.67. The summed E-state index contributed by atoms with van der Waals surface area (Å²) in [5, 5.41) is 6.30. The molecule has 0 bridgehead atoms. The number of halogens is 2. The first kappa shape index (κ1) is 24.6. The van der Waals surface area contributed by atoms with Crippen molar-refractivity contribution in [2.45, 2.75) is 52.6 Å². The first-order chi connectivity index (χ1) is 17.2. The van der Waals surface area contributed by atoms with Crippen LogP contribution in [0, 0.1) is 13.8 Å². The van der Waals surface area contributed by atoms with Gasteiger partial charge in [0, 0.05) is 27.0 Å². The number of hydrogen-bond donors (Lipinski definition) is 0. The van der Waals surface area contributed by atoms with E-state index in [0.717, 1.165) is 39.3 Å². The summed E-state index contributed by atoms with van der Waals surface area (Å²) in [6.45, 7) is 9.10. The first-order valence-corrected chi connectivity index (χ1v) is 13.0. The summed E-state index contributed by atoms with van der Waals surface area (Å²) in [6.07, 6.45) is 0.242.